The maximum Gasteiger partial charge on any atom is 0.148 e. The Balaban J connectivity index is 2.83. The molecule has 0 saturated carbocycles. The third-order valence-corrected chi connectivity index (χ3v) is 2.78. The summed E-state index contributed by atoms with van der Waals surface area (Å²) in [6.45, 7) is 2.92. The summed E-state index contributed by atoms with van der Waals surface area (Å²) >= 11 is 1.82. The van der Waals surface area contributed by atoms with Crippen LogP contribution >= 0.6 is 11.8 Å². The lowest BCUT2D eigenvalue weighted by molar-refractivity contribution is 0.924. The van der Waals surface area contributed by atoms with Gasteiger partial charge in [-0.25, -0.2) is 15.8 Å². The van der Waals surface area contributed by atoms with Gasteiger partial charge in [0.2, 0.25) is 0 Å². The van der Waals surface area contributed by atoms with E-state index in [-0.39, 0.29) is 0 Å². The van der Waals surface area contributed by atoms with Crippen molar-refractivity contribution in [1.29, 1.82) is 0 Å². The highest BCUT2D eigenvalue weighted by atomic mass is 32.2. The second kappa shape index (κ2) is 5.77. The first-order valence-corrected chi connectivity index (χ1v) is 6.08. The third kappa shape index (κ3) is 2.97. The van der Waals surface area contributed by atoms with Crippen molar-refractivity contribution in [3.05, 3.63) is 11.9 Å². The summed E-state index contributed by atoms with van der Waals surface area (Å²) in [5, 5.41) is 0. The SMILES string of the molecule is CSCCN(C)c1ncnc(NN)c1C. The van der Waals surface area contributed by atoms with E-state index in [2.05, 4.69) is 26.5 Å². The standard InChI is InChI=1S/C9H17N5S/c1-7-8(13-10)11-6-12-9(7)14(2)4-5-15-3/h6H,4-5,10H2,1-3H3,(H,11,12,13). The largest absolute Gasteiger partial charge is 0.358 e. The average molecular weight is 227 g/mol. The van der Waals surface area contributed by atoms with Crippen molar-refractivity contribution in [3.8, 4) is 0 Å². The minimum atomic E-state index is 0.677. The van der Waals surface area contributed by atoms with Gasteiger partial charge in [0, 0.05) is 24.9 Å². The van der Waals surface area contributed by atoms with E-state index < -0.39 is 0 Å². The van der Waals surface area contributed by atoms with Crippen LogP contribution in [0.5, 0.6) is 0 Å². The van der Waals surface area contributed by atoms with E-state index in [4.69, 9.17) is 5.84 Å². The predicted molar refractivity (Wildman–Crippen MR) is 66.2 cm³/mol. The molecule has 0 bridgehead atoms. The van der Waals surface area contributed by atoms with Crippen molar-refractivity contribution in [2.75, 3.05) is 35.9 Å². The summed E-state index contributed by atoms with van der Waals surface area (Å²) in [6.07, 6.45) is 3.61. The number of hydrogen-bond donors (Lipinski definition) is 2. The van der Waals surface area contributed by atoms with Crippen molar-refractivity contribution < 1.29 is 0 Å². The van der Waals surface area contributed by atoms with Crippen LogP contribution in [0.1, 0.15) is 5.56 Å². The first-order valence-electron chi connectivity index (χ1n) is 4.69. The number of rotatable bonds is 5. The van der Waals surface area contributed by atoms with E-state index in [1.165, 1.54) is 6.33 Å². The fourth-order valence-corrected chi connectivity index (χ4v) is 1.76. The van der Waals surface area contributed by atoms with Gasteiger partial charge >= 0.3 is 0 Å². The summed E-state index contributed by atoms with van der Waals surface area (Å²) in [7, 11) is 2.02. The van der Waals surface area contributed by atoms with Crippen LogP contribution in [0.2, 0.25) is 0 Å². The monoisotopic (exact) mass is 227 g/mol. The Kier molecular flexibility index (Phi) is 4.64. The Labute approximate surface area is 94.4 Å². The van der Waals surface area contributed by atoms with Crippen LogP contribution in [0.3, 0.4) is 0 Å². The molecule has 0 aliphatic carbocycles. The molecule has 0 amide bonds. The van der Waals surface area contributed by atoms with Gasteiger partial charge in [0.15, 0.2) is 0 Å². The highest BCUT2D eigenvalue weighted by molar-refractivity contribution is 7.98. The molecule has 15 heavy (non-hydrogen) atoms. The fraction of sp³-hybridized carbons (Fsp3) is 0.556. The lowest BCUT2D eigenvalue weighted by Gasteiger charge is -2.20. The minimum Gasteiger partial charge on any atom is -0.358 e. The number of thioether (sulfide) groups is 1. The molecule has 5 nitrogen and oxygen atoms in total. The lowest BCUT2D eigenvalue weighted by atomic mass is 10.3. The zero-order chi connectivity index (χ0) is 11.3. The molecule has 0 spiro atoms. The smallest absolute Gasteiger partial charge is 0.148 e. The molecule has 0 aliphatic rings. The molecule has 0 atom stereocenters. The molecular weight excluding hydrogens is 210 g/mol. The number of hydrazine groups is 1. The number of anilines is 2. The van der Waals surface area contributed by atoms with Crippen molar-refractivity contribution >= 4 is 23.4 Å². The van der Waals surface area contributed by atoms with Crippen LogP contribution < -0.4 is 16.2 Å². The Hall–Kier alpha value is -1.01. The van der Waals surface area contributed by atoms with Gasteiger partial charge in [0.05, 0.1) is 0 Å². The molecular formula is C9H17N5S. The van der Waals surface area contributed by atoms with E-state index in [0.29, 0.717) is 5.82 Å². The van der Waals surface area contributed by atoms with E-state index in [0.717, 1.165) is 23.7 Å². The van der Waals surface area contributed by atoms with Crippen LogP contribution in [0.25, 0.3) is 0 Å². The zero-order valence-corrected chi connectivity index (χ0v) is 10.1. The average Bonchev–Trinajstić information content (AvgIpc) is 2.26. The van der Waals surface area contributed by atoms with E-state index >= 15 is 0 Å². The maximum absolute atomic E-state index is 5.36. The third-order valence-electron chi connectivity index (χ3n) is 2.19. The maximum atomic E-state index is 5.36. The van der Waals surface area contributed by atoms with Gasteiger partial charge in [0.1, 0.15) is 18.0 Å². The molecule has 0 aliphatic heterocycles. The first kappa shape index (κ1) is 12.1. The molecule has 1 heterocycles. The molecule has 6 heteroatoms. The molecule has 0 radical (unpaired) electrons. The Morgan fingerprint density at radius 3 is 2.87 bits per heavy atom. The van der Waals surface area contributed by atoms with E-state index in [1.807, 2.05) is 25.7 Å². The number of nitrogens with zero attached hydrogens (tertiary/aromatic N) is 3. The van der Waals surface area contributed by atoms with Crippen molar-refractivity contribution in [1.82, 2.24) is 9.97 Å². The summed E-state index contributed by atoms with van der Waals surface area (Å²) in [5.41, 5.74) is 3.54. The van der Waals surface area contributed by atoms with E-state index in [1.54, 1.807) is 0 Å². The van der Waals surface area contributed by atoms with Gasteiger partial charge in [-0.2, -0.15) is 11.8 Å². The van der Waals surface area contributed by atoms with Gasteiger partial charge in [-0.05, 0) is 13.2 Å². The van der Waals surface area contributed by atoms with Crippen LogP contribution in [-0.2, 0) is 0 Å². The number of hydrogen-bond acceptors (Lipinski definition) is 6. The highest BCUT2D eigenvalue weighted by Crippen LogP contribution is 2.20. The summed E-state index contributed by atoms with van der Waals surface area (Å²) in [4.78, 5) is 10.4. The van der Waals surface area contributed by atoms with Gasteiger partial charge in [-0.15, -0.1) is 0 Å². The van der Waals surface area contributed by atoms with Gasteiger partial charge in [0.25, 0.3) is 0 Å². The Bertz CT molecular complexity index is 317. The predicted octanol–water partition coefficient (Wildman–Crippen LogP) is 0.870. The van der Waals surface area contributed by atoms with Gasteiger partial charge < -0.3 is 10.3 Å². The van der Waals surface area contributed by atoms with Gasteiger partial charge in [-0.3, -0.25) is 0 Å². The van der Waals surface area contributed by atoms with Crippen LogP contribution in [0.4, 0.5) is 11.6 Å². The van der Waals surface area contributed by atoms with E-state index in [9.17, 15) is 0 Å². The Morgan fingerprint density at radius 1 is 1.53 bits per heavy atom. The quantitative estimate of drug-likeness (QED) is 0.575. The summed E-state index contributed by atoms with van der Waals surface area (Å²) in [5.74, 6) is 8.03. The van der Waals surface area contributed by atoms with Gasteiger partial charge in [-0.1, -0.05) is 0 Å². The number of nitrogens with two attached hydrogens (primary N) is 1. The second-order valence-corrected chi connectivity index (χ2v) is 4.22. The highest BCUT2D eigenvalue weighted by Gasteiger charge is 2.09. The summed E-state index contributed by atoms with van der Waals surface area (Å²) < 4.78 is 0. The molecule has 0 saturated heterocycles. The molecule has 3 N–H and O–H groups in total. The molecule has 0 aromatic carbocycles. The molecule has 0 fully saturated rings. The lowest BCUT2D eigenvalue weighted by Crippen LogP contribution is -2.23. The van der Waals surface area contributed by atoms with Crippen LogP contribution in [0, 0.1) is 6.92 Å². The fourth-order valence-electron chi connectivity index (χ4n) is 1.31. The summed E-state index contributed by atoms with van der Waals surface area (Å²) in [6, 6.07) is 0. The topological polar surface area (TPSA) is 67.1 Å². The zero-order valence-electron chi connectivity index (χ0n) is 9.32. The first-order chi connectivity index (χ1) is 7.20. The number of aromatic nitrogens is 2. The van der Waals surface area contributed by atoms with Crippen molar-refractivity contribution in [3.63, 3.8) is 0 Å². The Morgan fingerprint density at radius 2 is 2.27 bits per heavy atom. The van der Waals surface area contributed by atoms with Crippen molar-refractivity contribution in [2.24, 2.45) is 5.84 Å². The molecule has 1 aromatic heterocycles. The van der Waals surface area contributed by atoms with Crippen LogP contribution in [0.15, 0.2) is 6.33 Å². The molecule has 84 valence electrons. The minimum absolute atomic E-state index is 0.677. The number of nitrogens with one attached hydrogen (secondary N) is 1. The molecule has 0 unspecified atom stereocenters. The number of nitrogen functional groups attached to an aromatic ring is 1. The second-order valence-electron chi connectivity index (χ2n) is 3.23. The normalized spacial score (nSPS) is 10.1. The van der Waals surface area contributed by atoms with Crippen molar-refractivity contribution in [2.45, 2.75) is 6.92 Å². The van der Waals surface area contributed by atoms with Crippen LogP contribution in [-0.4, -0.2) is 35.6 Å². The molecule has 1 rings (SSSR count). The molecule has 1 aromatic rings.